The van der Waals surface area contributed by atoms with E-state index in [9.17, 15) is 0 Å². The van der Waals surface area contributed by atoms with Crippen molar-refractivity contribution >= 4 is 63.7 Å². The zero-order valence-electron chi connectivity index (χ0n) is 21.3. The fourth-order valence-corrected chi connectivity index (χ4v) is 8.21. The molecule has 0 saturated carbocycles. The number of thiophene rings is 2. The standard InChI is InChI=1S/C32H31NS2/c1-18(2)15-27-19(3)22-11-12-24-28-26(34-31(24)30(22)35-27)13-14-33-29(28)21-16-20-9-7-8-10-23(20)25(17-21)32(4,5)6/h7-14,16-18H,15H2,1-6H3. The molecule has 0 aliphatic rings. The summed E-state index contributed by atoms with van der Waals surface area (Å²) >= 11 is 3.92. The summed E-state index contributed by atoms with van der Waals surface area (Å²) in [6, 6.07) is 20.3. The van der Waals surface area contributed by atoms with Crippen molar-refractivity contribution in [2.75, 3.05) is 0 Å². The van der Waals surface area contributed by atoms with Gasteiger partial charge in [0.2, 0.25) is 0 Å². The first kappa shape index (κ1) is 22.7. The van der Waals surface area contributed by atoms with E-state index >= 15 is 0 Å². The van der Waals surface area contributed by atoms with Crippen LogP contribution in [0.4, 0.5) is 0 Å². The molecule has 0 spiro atoms. The summed E-state index contributed by atoms with van der Waals surface area (Å²) in [4.78, 5) is 6.51. The maximum atomic E-state index is 4.98. The summed E-state index contributed by atoms with van der Waals surface area (Å²) in [5.41, 5.74) is 5.19. The van der Waals surface area contributed by atoms with Gasteiger partial charge in [-0.2, -0.15) is 0 Å². The van der Waals surface area contributed by atoms with Crippen molar-refractivity contribution in [2.24, 2.45) is 5.92 Å². The van der Waals surface area contributed by atoms with Crippen LogP contribution in [0.2, 0.25) is 0 Å². The van der Waals surface area contributed by atoms with E-state index in [0.29, 0.717) is 5.92 Å². The van der Waals surface area contributed by atoms with Gasteiger partial charge in [0, 0.05) is 32.1 Å². The SMILES string of the molecule is Cc1c(CC(C)C)sc2c1ccc1c2sc2ccnc(-c3cc(C(C)(C)C)c4ccccc4c3)c21. The van der Waals surface area contributed by atoms with Gasteiger partial charge in [0.15, 0.2) is 0 Å². The molecule has 0 atom stereocenters. The smallest absolute Gasteiger partial charge is 0.0795 e. The average Bonchev–Trinajstić information content (AvgIpc) is 3.35. The number of aryl methyl sites for hydroxylation is 1. The molecule has 3 heteroatoms. The second kappa shape index (κ2) is 8.15. The van der Waals surface area contributed by atoms with Gasteiger partial charge in [-0.05, 0) is 70.2 Å². The Balaban J connectivity index is 1.66. The summed E-state index contributed by atoms with van der Waals surface area (Å²) in [5.74, 6) is 0.667. The third-order valence-electron chi connectivity index (χ3n) is 7.09. The Morgan fingerprint density at radius 2 is 1.60 bits per heavy atom. The van der Waals surface area contributed by atoms with E-state index in [2.05, 4.69) is 96.1 Å². The number of pyridine rings is 1. The van der Waals surface area contributed by atoms with Gasteiger partial charge in [-0.3, -0.25) is 4.98 Å². The van der Waals surface area contributed by atoms with E-state index in [0.717, 1.165) is 12.1 Å². The van der Waals surface area contributed by atoms with E-state index in [1.807, 2.05) is 28.9 Å². The van der Waals surface area contributed by atoms with Crippen LogP contribution >= 0.6 is 22.7 Å². The highest BCUT2D eigenvalue weighted by Gasteiger charge is 2.21. The Hall–Kier alpha value is -2.75. The van der Waals surface area contributed by atoms with E-state index in [1.54, 1.807) is 0 Å². The molecule has 0 bridgehead atoms. The van der Waals surface area contributed by atoms with Gasteiger partial charge in [0.25, 0.3) is 0 Å². The van der Waals surface area contributed by atoms with E-state index in [4.69, 9.17) is 4.98 Å². The molecule has 6 rings (SSSR count). The lowest BCUT2D eigenvalue weighted by Gasteiger charge is -2.23. The van der Waals surface area contributed by atoms with Crippen LogP contribution in [0.25, 0.3) is 52.3 Å². The third kappa shape index (κ3) is 3.68. The molecule has 176 valence electrons. The summed E-state index contributed by atoms with van der Waals surface area (Å²) in [7, 11) is 0. The number of benzene rings is 3. The molecule has 1 nitrogen and oxygen atoms in total. The minimum Gasteiger partial charge on any atom is -0.256 e. The number of hydrogen-bond acceptors (Lipinski definition) is 3. The Kier molecular flexibility index (Phi) is 5.28. The lowest BCUT2D eigenvalue weighted by atomic mass is 9.82. The van der Waals surface area contributed by atoms with Gasteiger partial charge in [0.1, 0.15) is 0 Å². The minimum absolute atomic E-state index is 0.0493. The van der Waals surface area contributed by atoms with Gasteiger partial charge in [-0.25, -0.2) is 0 Å². The van der Waals surface area contributed by atoms with Crippen molar-refractivity contribution in [3.8, 4) is 11.3 Å². The highest BCUT2D eigenvalue weighted by molar-refractivity contribution is 7.31. The normalized spacial score (nSPS) is 12.7. The molecule has 0 saturated heterocycles. The van der Waals surface area contributed by atoms with Gasteiger partial charge < -0.3 is 0 Å². The predicted molar refractivity (Wildman–Crippen MR) is 157 cm³/mol. The second-order valence-corrected chi connectivity index (χ2v) is 13.4. The highest BCUT2D eigenvalue weighted by atomic mass is 32.1. The first-order chi connectivity index (χ1) is 16.7. The van der Waals surface area contributed by atoms with Crippen molar-refractivity contribution in [3.05, 3.63) is 76.8 Å². The Morgan fingerprint density at radius 3 is 2.37 bits per heavy atom. The Morgan fingerprint density at radius 1 is 0.857 bits per heavy atom. The molecule has 0 fully saturated rings. The fraction of sp³-hybridized carbons (Fsp3) is 0.281. The van der Waals surface area contributed by atoms with Crippen LogP contribution in [-0.2, 0) is 11.8 Å². The molecular weight excluding hydrogens is 462 g/mol. The number of aromatic nitrogens is 1. The average molecular weight is 494 g/mol. The first-order valence-corrected chi connectivity index (χ1v) is 14.1. The van der Waals surface area contributed by atoms with Crippen molar-refractivity contribution in [1.29, 1.82) is 0 Å². The molecule has 35 heavy (non-hydrogen) atoms. The predicted octanol–water partition coefficient (Wildman–Crippen LogP) is 10.3. The molecule has 3 aromatic carbocycles. The monoisotopic (exact) mass is 493 g/mol. The maximum Gasteiger partial charge on any atom is 0.0795 e. The molecule has 0 unspecified atom stereocenters. The summed E-state index contributed by atoms with van der Waals surface area (Å²) in [5, 5.41) is 6.66. The molecular formula is C32H31NS2. The molecule has 0 aliphatic carbocycles. The van der Waals surface area contributed by atoms with Crippen molar-refractivity contribution < 1.29 is 0 Å². The second-order valence-electron chi connectivity index (χ2n) is 11.2. The summed E-state index contributed by atoms with van der Waals surface area (Å²) in [6.07, 6.45) is 3.14. The van der Waals surface area contributed by atoms with Crippen LogP contribution in [0.5, 0.6) is 0 Å². The molecule has 0 N–H and O–H groups in total. The van der Waals surface area contributed by atoms with E-state index in [1.165, 1.54) is 62.6 Å². The van der Waals surface area contributed by atoms with Crippen molar-refractivity contribution in [3.63, 3.8) is 0 Å². The van der Waals surface area contributed by atoms with Crippen LogP contribution in [0.1, 0.15) is 50.6 Å². The van der Waals surface area contributed by atoms with Crippen LogP contribution in [0.3, 0.4) is 0 Å². The molecule has 0 aliphatic heterocycles. The quantitative estimate of drug-likeness (QED) is 0.239. The molecule has 6 aromatic rings. The van der Waals surface area contributed by atoms with Gasteiger partial charge in [-0.15, -0.1) is 22.7 Å². The minimum atomic E-state index is 0.0493. The number of hydrogen-bond donors (Lipinski definition) is 0. The van der Waals surface area contributed by atoms with Crippen molar-refractivity contribution in [1.82, 2.24) is 4.98 Å². The van der Waals surface area contributed by atoms with Crippen LogP contribution in [-0.4, -0.2) is 4.98 Å². The third-order valence-corrected chi connectivity index (χ3v) is 9.76. The first-order valence-electron chi connectivity index (χ1n) is 12.5. The van der Waals surface area contributed by atoms with Gasteiger partial charge in [-0.1, -0.05) is 71.0 Å². The largest absolute Gasteiger partial charge is 0.256 e. The molecule has 0 radical (unpaired) electrons. The maximum absolute atomic E-state index is 4.98. The highest BCUT2D eigenvalue weighted by Crippen LogP contribution is 2.46. The lowest BCUT2D eigenvalue weighted by molar-refractivity contribution is 0.596. The van der Waals surface area contributed by atoms with E-state index in [-0.39, 0.29) is 5.41 Å². The van der Waals surface area contributed by atoms with E-state index < -0.39 is 0 Å². The lowest BCUT2D eigenvalue weighted by Crippen LogP contribution is -2.12. The number of rotatable bonds is 3. The molecule has 3 aromatic heterocycles. The molecule has 0 amide bonds. The van der Waals surface area contributed by atoms with Gasteiger partial charge >= 0.3 is 0 Å². The topological polar surface area (TPSA) is 12.9 Å². The summed E-state index contributed by atoms with van der Waals surface area (Å²) < 4.78 is 4.17. The Bertz CT molecular complexity index is 1740. The molecule has 3 heterocycles. The Labute approximate surface area is 215 Å². The van der Waals surface area contributed by atoms with Crippen LogP contribution in [0.15, 0.2) is 60.8 Å². The fourth-order valence-electron chi connectivity index (χ4n) is 5.36. The number of fused-ring (bicyclic) bond motifs is 6. The van der Waals surface area contributed by atoms with Gasteiger partial charge in [0.05, 0.1) is 15.1 Å². The zero-order valence-corrected chi connectivity index (χ0v) is 23.0. The number of nitrogens with zero attached hydrogens (tertiary/aromatic N) is 1. The summed E-state index contributed by atoms with van der Waals surface area (Å²) in [6.45, 7) is 13.8. The van der Waals surface area contributed by atoms with Crippen molar-refractivity contribution in [2.45, 2.75) is 53.4 Å². The van der Waals surface area contributed by atoms with Crippen LogP contribution in [0, 0.1) is 12.8 Å². The van der Waals surface area contributed by atoms with Crippen LogP contribution < -0.4 is 0 Å². The zero-order chi connectivity index (χ0) is 24.5.